The summed E-state index contributed by atoms with van der Waals surface area (Å²) in [6.07, 6.45) is 0.563. The van der Waals surface area contributed by atoms with E-state index in [0.717, 1.165) is 7.11 Å². The van der Waals surface area contributed by atoms with E-state index in [2.05, 4.69) is 4.74 Å². The summed E-state index contributed by atoms with van der Waals surface area (Å²) in [6.45, 7) is 0. The molecular weight excluding hydrogens is 160 g/mol. The standard InChI is InChI=1S/C5H5ClO4/c1-10-5(9)3(6)2-4(7)8/h2H,1H3,(H,7,8)/b3-2-. The van der Waals surface area contributed by atoms with Gasteiger partial charge in [0.05, 0.1) is 7.11 Å². The number of ether oxygens (including phenoxy) is 1. The van der Waals surface area contributed by atoms with Gasteiger partial charge in [-0.15, -0.1) is 0 Å². The first kappa shape index (κ1) is 8.97. The van der Waals surface area contributed by atoms with Crippen molar-refractivity contribution in [1.82, 2.24) is 0 Å². The van der Waals surface area contributed by atoms with E-state index in [1.54, 1.807) is 0 Å². The molecule has 0 fully saturated rings. The third kappa shape index (κ3) is 3.09. The summed E-state index contributed by atoms with van der Waals surface area (Å²) >= 11 is 5.13. The van der Waals surface area contributed by atoms with Gasteiger partial charge in [-0.3, -0.25) is 0 Å². The van der Waals surface area contributed by atoms with Crippen molar-refractivity contribution in [3.63, 3.8) is 0 Å². The Hall–Kier alpha value is -1.03. The van der Waals surface area contributed by atoms with Crippen LogP contribution in [-0.4, -0.2) is 24.2 Å². The summed E-state index contributed by atoms with van der Waals surface area (Å²) in [4.78, 5) is 20.2. The van der Waals surface area contributed by atoms with E-state index in [-0.39, 0.29) is 0 Å². The quantitative estimate of drug-likeness (QED) is 0.473. The lowest BCUT2D eigenvalue weighted by molar-refractivity contribution is -0.136. The van der Waals surface area contributed by atoms with E-state index < -0.39 is 17.0 Å². The topological polar surface area (TPSA) is 63.6 Å². The van der Waals surface area contributed by atoms with Gasteiger partial charge in [0.25, 0.3) is 0 Å². The van der Waals surface area contributed by atoms with Gasteiger partial charge in [0.2, 0.25) is 0 Å². The average Bonchev–Trinajstić information content (AvgIpc) is 1.85. The van der Waals surface area contributed by atoms with Crippen molar-refractivity contribution in [2.24, 2.45) is 0 Å². The van der Waals surface area contributed by atoms with Gasteiger partial charge in [-0.1, -0.05) is 11.6 Å². The molecule has 0 radical (unpaired) electrons. The van der Waals surface area contributed by atoms with E-state index in [4.69, 9.17) is 16.7 Å². The molecule has 4 nitrogen and oxygen atoms in total. The Morgan fingerprint density at radius 2 is 2.10 bits per heavy atom. The van der Waals surface area contributed by atoms with Crippen LogP contribution in [0.1, 0.15) is 0 Å². The monoisotopic (exact) mass is 164 g/mol. The highest BCUT2D eigenvalue weighted by molar-refractivity contribution is 6.42. The second kappa shape index (κ2) is 3.90. The van der Waals surface area contributed by atoms with Crippen LogP contribution in [0.5, 0.6) is 0 Å². The van der Waals surface area contributed by atoms with Crippen molar-refractivity contribution < 1.29 is 19.4 Å². The van der Waals surface area contributed by atoms with Crippen LogP contribution in [0.25, 0.3) is 0 Å². The molecule has 0 aliphatic rings. The van der Waals surface area contributed by atoms with E-state index in [1.807, 2.05) is 0 Å². The molecule has 0 saturated carbocycles. The van der Waals surface area contributed by atoms with Crippen molar-refractivity contribution in [2.75, 3.05) is 7.11 Å². The molecule has 0 heterocycles. The molecule has 0 aliphatic heterocycles. The zero-order valence-corrected chi connectivity index (χ0v) is 5.88. The minimum Gasteiger partial charge on any atom is -0.478 e. The molecule has 0 rings (SSSR count). The van der Waals surface area contributed by atoms with E-state index in [9.17, 15) is 9.59 Å². The number of esters is 1. The number of carbonyl (C=O) groups excluding carboxylic acids is 1. The van der Waals surface area contributed by atoms with Crippen LogP contribution in [0.15, 0.2) is 11.1 Å². The summed E-state index contributed by atoms with van der Waals surface area (Å²) < 4.78 is 4.11. The number of rotatable bonds is 2. The SMILES string of the molecule is COC(=O)/C(Cl)=C/C(=O)O. The first-order valence-electron chi connectivity index (χ1n) is 2.26. The molecule has 0 unspecified atom stereocenters. The molecule has 0 spiro atoms. The fourth-order valence-electron chi connectivity index (χ4n) is 0.265. The maximum Gasteiger partial charge on any atom is 0.349 e. The summed E-state index contributed by atoms with van der Waals surface area (Å²) in [6, 6.07) is 0. The largest absolute Gasteiger partial charge is 0.478 e. The van der Waals surface area contributed by atoms with Gasteiger partial charge in [0.15, 0.2) is 0 Å². The minimum absolute atomic E-state index is 0.449. The number of halogens is 1. The first-order valence-corrected chi connectivity index (χ1v) is 2.64. The molecule has 56 valence electrons. The number of carboxylic acids is 1. The molecule has 0 aromatic carbocycles. The average molecular weight is 165 g/mol. The van der Waals surface area contributed by atoms with Gasteiger partial charge in [-0.25, -0.2) is 9.59 Å². The molecule has 0 aromatic heterocycles. The lowest BCUT2D eigenvalue weighted by atomic mass is 10.5. The summed E-state index contributed by atoms with van der Waals surface area (Å²) in [5, 5.41) is 7.61. The van der Waals surface area contributed by atoms with Crippen LogP contribution in [0.2, 0.25) is 0 Å². The smallest absolute Gasteiger partial charge is 0.349 e. The molecule has 0 aliphatic carbocycles. The van der Waals surface area contributed by atoms with Gasteiger partial charge in [0.1, 0.15) is 5.03 Å². The van der Waals surface area contributed by atoms with Crippen molar-refractivity contribution in [2.45, 2.75) is 0 Å². The number of hydrogen-bond acceptors (Lipinski definition) is 3. The van der Waals surface area contributed by atoms with Crippen LogP contribution < -0.4 is 0 Å². The highest BCUT2D eigenvalue weighted by atomic mass is 35.5. The van der Waals surface area contributed by atoms with Gasteiger partial charge in [0, 0.05) is 6.08 Å². The Labute approximate surface area is 62.0 Å². The number of hydrogen-bond donors (Lipinski definition) is 1. The molecular formula is C5H5ClO4. The number of carbonyl (C=O) groups is 2. The Morgan fingerprint density at radius 1 is 1.60 bits per heavy atom. The zero-order chi connectivity index (χ0) is 8.15. The molecule has 0 saturated heterocycles. The third-order valence-electron chi connectivity index (χ3n) is 0.631. The minimum atomic E-state index is -1.28. The van der Waals surface area contributed by atoms with E-state index in [0.29, 0.717) is 6.08 Å². The molecule has 0 bridgehead atoms. The van der Waals surface area contributed by atoms with Crippen molar-refractivity contribution >= 4 is 23.5 Å². The normalized spacial score (nSPS) is 10.8. The van der Waals surface area contributed by atoms with Crippen molar-refractivity contribution in [1.29, 1.82) is 0 Å². The second-order valence-electron chi connectivity index (χ2n) is 1.32. The highest BCUT2D eigenvalue weighted by Crippen LogP contribution is 2.01. The Balaban J connectivity index is 4.19. The highest BCUT2D eigenvalue weighted by Gasteiger charge is 2.06. The summed E-state index contributed by atoms with van der Waals surface area (Å²) in [7, 11) is 1.11. The summed E-state index contributed by atoms with van der Waals surface area (Å²) in [5.74, 6) is -2.14. The van der Waals surface area contributed by atoms with Crippen LogP contribution in [-0.2, 0) is 14.3 Å². The molecule has 10 heavy (non-hydrogen) atoms. The fraction of sp³-hybridized carbons (Fsp3) is 0.200. The fourth-order valence-corrected chi connectivity index (χ4v) is 0.435. The van der Waals surface area contributed by atoms with Crippen LogP contribution >= 0.6 is 11.6 Å². The van der Waals surface area contributed by atoms with Crippen molar-refractivity contribution in [3.05, 3.63) is 11.1 Å². The molecule has 1 N–H and O–H groups in total. The van der Waals surface area contributed by atoms with Crippen molar-refractivity contribution in [3.8, 4) is 0 Å². The maximum atomic E-state index is 10.4. The predicted octanol–water partition coefficient (Wildman–Crippen LogP) is 0.367. The first-order chi connectivity index (χ1) is 4.57. The van der Waals surface area contributed by atoms with Crippen LogP contribution in [0.3, 0.4) is 0 Å². The van der Waals surface area contributed by atoms with Gasteiger partial charge < -0.3 is 9.84 Å². The van der Waals surface area contributed by atoms with Gasteiger partial charge in [-0.2, -0.15) is 0 Å². The lowest BCUT2D eigenvalue weighted by Crippen LogP contribution is -2.02. The van der Waals surface area contributed by atoms with E-state index >= 15 is 0 Å². The second-order valence-corrected chi connectivity index (χ2v) is 1.73. The maximum absolute atomic E-state index is 10.4. The van der Waals surface area contributed by atoms with Crippen LogP contribution in [0, 0.1) is 0 Å². The summed E-state index contributed by atoms with van der Waals surface area (Å²) in [5.41, 5.74) is 0. The number of methoxy groups -OCH3 is 1. The number of aliphatic carboxylic acids is 1. The van der Waals surface area contributed by atoms with Gasteiger partial charge in [-0.05, 0) is 0 Å². The van der Waals surface area contributed by atoms with E-state index in [1.165, 1.54) is 0 Å². The Bertz CT molecular complexity index is 184. The Morgan fingerprint density at radius 3 is 2.40 bits per heavy atom. The predicted molar refractivity (Wildman–Crippen MR) is 33.6 cm³/mol. The zero-order valence-electron chi connectivity index (χ0n) is 5.13. The molecule has 0 amide bonds. The third-order valence-corrected chi connectivity index (χ3v) is 0.894. The molecule has 0 atom stereocenters. The molecule has 0 aromatic rings. The van der Waals surface area contributed by atoms with Crippen LogP contribution in [0.4, 0.5) is 0 Å². The van der Waals surface area contributed by atoms with Gasteiger partial charge >= 0.3 is 11.9 Å². The lowest BCUT2D eigenvalue weighted by Gasteiger charge is -1.92. The molecule has 5 heteroatoms. The Kier molecular flexibility index (Phi) is 3.49. The number of carboxylic acid groups (broad SMARTS) is 1.